The van der Waals surface area contributed by atoms with Gasteiger partial charge in [-0.15, -0.1) is 6.58 Å². The highest BCUT2D eigenvalue weighted by atomic mass is 15.2. The summed E-state index contributed by atoms with van der Waals surface area (Å²) in [6, 6.07) is 0.613. The molecule has 0 fully saturated rings. The summed E-state index contributed by atoms with van der Waals surface area (Å²) in [5.74, 6) is 1.58. The van der Waals surface area contributed by atoms with Gasteiger partial charge in [-0.3, -0.25) is 4.90 Å². The van der Waals surface area contributed by atoms with Crippen LogP contribution in [0.25, 0.3) is 0 Å². The van der Waals surface area contributed by atoms with Gasteiger partial charge in [0.15, 0.2) is 0 Å². The molecule has 0 aliphatic heterocycles. The summed E-state index contributed by atoms with van der Waals surface area (Å²) in [6.07, 6.45) is 4.52. The van der Waals surface area contributed by atoms with Crippen molar-refractivity contribution in [3.63, 3.8) is 0 Å². The molecule has 0 bridgehead atoms. The van der Waals surface area contributed by atoms with Gasteiger partial charge in [0.05, 0.1) is 0 Å². The number of nitrogens with zero attached hydrogens (tertiary/aromatic N) is 1. The molecular formula is C16H34N2. The van der Waals surface area contributed by atoms with Crippen LogP contribution in [0.15, 0.2) is 12.7 Å². The van der Waals surface area contributed by atoms with Crippen LogP contribution < -0.4 is 5.32 Å². The molecule has 0 saturated carbocycles. The fourth-order valence-electron chi connectivity index (χ4n) is 1.92. The monoisotopic (exact) mass is 254 g/mol. The number of hydrogen-bond acceptors (Lipinski definition) is 2. The number of hydrogen-bond donors (Lipinski definition) is 1. The lowest BCUT2D eigenvalue weighted by Crippen LogP contribution is -2.42. The summed E-state index contributed by atoms with van der Waals surface area (Å²) < 4.78 is 0. The lowest BCUT2D eigenvalue weighted by Gasteiger charge is -2.30. The van der Waals surface area contributed by atoms with E-state index in [4.69, 9.17) is 0 Å². The maximum Gasteiger partial charge on any atom is 0.0192 e. The van der Waals surface area contributed by atoms with Crippen molar-refractivity contribution < 1.29 is 0 Å². The average molecular weight is 254 g/mol. The molecule has 108 valence electrons. The van der Waals surface area contributed by atoms with Crippen molar-refractivity contribution >= 4 is 0 Å². The van der Waals surface area contributed by atoms with Crippen LogP contribution in [0.3, 0.4) is 0 Å². The van der Waals surface area contributed by atoms with E-state index in [-0.39, 0.29) is 0 Å². The fourth-order valence-corrected chi connectivity index (χ4v) is 1.92. The second-order valence-electron chi connectivity index (χ2n) is 6.20. The number of rotatable bonds is 11. The van der Waals surface area contributed by atoms with Gasteiger partial charge in [-0.25, -0.2) is 0 Å². The summed E-state index contributed by atoms with van der Waals surface area (Å²) in [4.78, 5) is 2.64. The van der Waals surface area contributed by atoms with Gasteiger partial charge >= 0.3 is 0 Å². The normalized spacial score (nSPS) is 13.6. The highest BCUT2D eigenvalue weighted by Crippen LogP contribution is 2.09. The average Bonchev–Trinajstić information content (AvgIpc) is 2.28. The Bertz CT molecular complexity index is 187. The van der Waals surface area contributed by atoms with Crippen molar-refractivity contribution in [3.8, 4) is 0 Å². The Morgan fingerprint density at radius 1 is 1.00 bits per heavy atom. The second kappa shape index (κ2) is 10.6. The zero-order valence-corrected chi connectivity index (χ0v) is 13.2. The van der Waals surface area contributed by atoms with Crippen LogP contribution >= 0.6 is 0 Å². The van der Waals surface area contributed by atoms with Gasteiger partial charge in [0.2, 0.25) is 0 Å². The van der Waals surface area contributed by atoms with Gasteiger partial charge < -0.3 is 5.32 Å². The van der Waals surface area contributed by atoms with Crippen LogP contribution in [0.5, 0.6) is 0 Å². The Hall–Kier alpha value is -0.340. The van der Waals surface area contributed by atoms with Crippen LogP contribution in [-0.4, -0.2) is 37.1 Å². The maximum absolute atomic E-state index is 3.75. The van der Waals surface area contributed by atoms with E-state index in [0.717, 1.165) is 24.9 Å². The van der Waals surface area contributed by atoms with Crippen molar-refractivity contribution in [1.82, 2.24) is 10.2 Å². The minimum atomic E-state index is 0.613. The molecule has 0 aromatic carbocycles. The van der Waals surface area contributed by atoms with Crippen LogP contribution in [0, 0.1) is 11.8 Å². The standard InChI is InChI=1S/C16H34N2/c1-7-10-17-13-16(6)18(11-8-14(2)3)12-9-15(4)5/h7,14-17H,1,8-13H2,2-6H3. The third-order valence-corrected chi connectivity index (χ3v) is 3.34. The largest absolute Gasteiger partial charge is 0.312 e. The Morgan fingerprint density at radius 2 is 1.50 bits per heavy atom. The first-order valence-corrected chi connectivity index (χ1v) is 7.53. The van der Waals surface area contributed by atoms with E-state index in [9.17, 15) is 0 Å². The van der Waals surface area contributed by atoms with E-state index in [0.29, 0.717) is 6.04 Å². The van der Waals surface area contributed by atoms with E-state index < -0.39 is 0 Å². The fraction of sp³-hybridized carbons (Fsp3) is 0.875. The molecule has 2 nitrogen and oxygen atoms in total. The molecule has 2 heteroatoms. The molecule has 0 amide bonds. The van der Waals surface area contributed by atoms with Gasteiger partial charge in [-0.2, -0.15) is 0 Å². The molecule has 0 heterocycles. The SMILES string of the molecule is C=CCNCC(C)N(CCC(C)C)CCC(C)C. The Kier molecular flexibility index (Phi) is 10.4. The summed E-state index contributed by atoms with van der Waals surface area (Å²) in [6.45, 7) is 19.7. The lowest BCUT2D eigenvalue weighted by molar-refractivity contribution is 0.185. The van der Waals surface area contributed by atoms with E-state index in [1.165, 1.54) is 25.9 Å². The quantitative estimate of drug-likeness (QED) is 0.448. The second-order valence-corrected chi connectivity index (χ2v) is 6.20. The van der Waals surface area contributed by atoms with E-state index >= 15 is 0 Å². The Balaban J connectivity index is 4.10. The predicted octanol–water partition coefficient (Wildman–Crippen LogP) is 3.54. The van der Waals surface area contributed by atoms with E-state index in [1.807, 2.05) is 6.08 Å². The summed E-state index contributed by atoms with van der Waals surface area (Å²) in [5, 5.41) is 3.43. The number of nitrogens with one attached hydrogen (secondary N) is 1. The third-order valence-electron chi connectivity index (χ3n) is 3.34. The van der Waals surface area contributed by atoms with E-state index in [1.54, 1.807) is 0 Å². The molecule has 1 atom stereocenters. The van der Waals surface area contributed by atoms with Gasteiger partial charge in [-0.1, -0.05) is 33.8 Å². The van der Waals surface area contributed by atoms with Crippen molar-refractivity contribution in [2.24, 2.45) is 11.8 Å². The van der Waals surface area contributed by atoms with Crippen molar-refractivity contribution in [2.45, 2.75) is 53.5 Å². The molecule has 0 radical (unpaired) electrons. The first-order valence-electron chi connectivity index (χ1n) is 7.53. The molecule has 1 N–H and O–H groups in total. The third kappa shape index (κ3) is 9.67. The van der Waals surface area contributed by atoms with Crippen LogP contribution in [-0.2, 0) is 0 Å². The van der Waals surface area contributed by atoms with Gasteiger partial charge in [0.25, 0.3) is 0 Å². The Morgan fingerprint density at radius 3 is 1.89 bits per heavy atom. The lowest BCUT2D eigenvalue weighted by atomic mass is 10.1. The molecule has 0 aromatic heterocycles. The Labute approximate surface area is 115 Å². The zero-order valence-electron chi connectivity index (χ0n) is 13.2. The molecule has 0 aliphatic rings. The summed E-state index contributed by atoms with van der Waals surface area (Å²) in [7, 11) is 0. The van der Waals surface area contributed by atoms with Crippen LogP contribution in [0.2, 0.25) is 0 Å². The summed E-state index contributed by atoms with van der Waals surface area (Å²) >= 11 is 0. The minimum absolute atomic E-state index is 0.613. The molecule has 0 aromatic rings. The highest BCUT2D eigenvalue weighted by Gasteiger charge is 2.14. The smallest absolute Gasteiger partial charge is 0.0192 e. The van der Waals surface area contributed by atoms with E-state index in [2.05, 4.69) is 51.4 Å². The topological polar surface area (TPSA) is 15.3 Å². The first kappa shape index (κ1) is 17.7. The predicted molar refractivity (Wildman–Crippen MR) is 83.0 cm³/mol. The van der Waals surface area contributed by atoms with Crippen molar-refractivity contribution in [3.05, 3.63) is 12.7 Å². The van der Waals surface area contributed by atoms with Crippen LogP contribution in [0.1, 0.15) is 47.5 Å². The van der Waals surface area contributed by atoms with Gasteiger partial charge in [0.1, 0.15) is 0 Å². The summed E-state index contributed by atoms with van der Waals surface area (Å²) in [5.41, 5.74) is 0. The molecule has 0 saturated heterocycles. The van der Waals surface area contributed by atoms with Crippen molar-refractivity contribution in [2.75, 3.05) is 26.2 Å². The maximum atomic E-state index is 3.75. The van der Waals surface area contributed by atoms with Gasteiger partial charge in [0, 0.05) is 19.1 Å². The molecule has 0 aliphatic carbocycles. The minimum Gasteiger partial charge on any atom is -0.312 e. The molecule has 0 rings (SSSR count). The molecular weight excluding hydrogens is 220 g/mol. The highest BCUT2D eigenvalue weighted by molar-refractivity contribution is 4.75. The molecule has 1 unspecified atom stereocenters. The molecule has 0 spiro atoms. The first-order chi connectivity index (χ1) is 8.47. The van der Waals surface area contributed by atoms with Crippen LogP contribution in [0.4, 0.5) is 0 Å². The zero-order chi connectivity index (χ0) is 14.0. The van der Waals surface area contributed by atoms with Crippen molar-refractivity contribution in [1.29, 1.82) is 0 Å². The van der Waals surface area contributed by atoms with Gasteiger partial charge in [-0.05, 0) is 44.7 Å². The molecule has 18 heavy (non-hydrogen) atoms.